The SMILES string of the molecule is CCOc1ccc(-c2nc(CC(=O)NC3CC(C(=O)O)C3)cs2)cc1. The number of hydrogen-bond acceptors (Lipinski definition) is 5. The number of carboxylic acids is 1. The van der Waals surface area contributed by atoms with Crippen molar-refractivity contribution in [3.05, 3.63) is 35.3 Å². The number of benzene rings is 1. The standard InChI is InChI=1S/C18H20N2O4S/c1-2-24-15-5-3-11(4-6-15)17-20-14(10-25-17)9-16(21)19-13-7-12(8-13)18(22)23/h3-6,10,12-13H,2,7-9H2,1H3,(H,19,21)(H,22,23). The van der Waals surface area contributed by atoms with Gasteiger partial charge < -0.3 is 15.2 Å². The molecule has 0 spiro atoms. The fourth-order valence-electron chi connectivity index (χ4n) is 2.76. The number of carboxylic acid groups (broad SMARTS) is 1. The van der Waals surface area contributed by atoms with Crippen molar-refractivity contribution in [1.29, 1.82) is 0 Å². The Kier molecular flexibility index (Phi) is 5.33. The van der Waals surface area contributed by atoms with Crippen LogP contribution in [-0.4, -0.2) is 34.6 Å². The van der Waals surface area contributed by atoms with E-state index in [0.29, 0.717) is 19.4 Å². The molecule has 1 aromatic carbocycles. The quantitative estimate of drug-likeness (QED) is 0.793. The Balaban J connectivity index is 1.53. The van der Waals surface area contributed by atoms with Crippen LogP contribution in [0.4, 0.5) is 0 Å². The molecule has 0 saturated heterocycles. The van der Waals surface area contributed by atoms with E-state index >= 15 is 0 Å². The molecule has 3 rings (SSSR count). The smallest absolute Gasteiger partial charge is 0.306 e. The minimum Gasteiger partial charge on any atom is -0.494 e. The Morgan fingerprint density at radius 1 is 1.32 bits per heavy atom. The van der Waals surface area contributed by atoms with Gasteiger partial charge >= 0.3 is 5.97 Å². The fraction of sp³-hybridized carbons (Fsp3) is 0.389. The molecule has 1 fully saturated rings. The summed E-state index contributed by atoms with van der Waals surface area (Å²) >= 11 is 1.50. The van der Waals surface area contributed by atoms with E-state index in [-0.39, 0.29) is 24.3 Å². The monoisotopic (exact) mass is 360 g/mol. The van der Waals surface area contributed by atoms with Gasteiger partial charge in [-0.15, -0.1) is 11.3 Å². The maximum absolute atomic E-state index is 12.0. The van der Waals surface area contributed by atoms with Crippen molar-refractivity contribution in [2.75, 3.05) is 6.61 Å². The van der Waals surface area contributed by atoms with E-state index in [1.54, 1.807) is 0 Å². The summed E-state index contributed by atoms with van der Waals surface area (Å²) in [5, 5.41) is 14.5. The fourth-order valence-corrected chi connectivity index (χ4v) is 3.59. The summed E-state index contributed by atoms with van der Waals surface area (Å²) < 4.78 is 5.42. The normalized spacial score (nSPS) is 19.1. The molecule has 1 heterocycles. The molecule has 7 heteroatoms. The van der Waals surface area contributed by atoms with E-state index in [2.05, 4.69) is 10.3 Å². The van der Waals surface area contributed by atoms with Crippen LogP contribution in [0.5, 0.6) is 5.75 Å². The first-order valence-corrected chi connectivity index (χ1v) is 9.13. The lowest BCUT2D eigenvalue weighted by atomic mass is 9.80. The van der Waals surface area contributed by atoms with E-state index < -0.39 is 5.97 Å². The first-order valence-electron chi connectivity index (χ1n) is 8.25. The zero-order chi connectivity index (χ0) is 17.8. The zero-order valence-electron chi connectivity index (χ0n) is 13.9. The van der Waals surface area contributed by atoms with Crippen LogP contribution in [-0.2, 0) is 16.0 Å². The topological polar surface area (TPSA) is 88.5 Å². The van der Waals surface area contributed by atoms with Gasteiger partial charge in [0.1, 0.15) is 10.8 Å². The summed E-state index contributed by atoms with van der Waals surface area (Å²) in [6.45, 7) is 2.57. The summed E-state index contributed by atoms with van der Waals surface area (Å²) in [4.78, 5) is 27.3. The molecule has 1 saturated carbocycles. The van der Waals surface area contributed by atoms with Gasteiger partial charge in [-0.3, -0.25) is 9.59 Å². The third kappa shape index (κ3) is 4.36. The van der Waals surface area contributed by atoms with Crippen LogP contribution in [0.1, 0.15) is 25.5 Å². The number of hydrogen-bond donors (Lipinski definition) is 2. The lowest BCUT2D eigenvalue weighted by molar-refractivity contribution is -0.146. The van der Waals surface area contributed by atoms with E-state index in [4.69, 9.17) is 9.84 Å². The number of thiazole rings is 1. The minimum absolute atomic E-state index is 0.0298. The third-order valence-corrected chi connectivity index (χ3v) is 5.10. The Bertz CT molecular complexity index is 751. The molecule has 2 aromatic rings. The Labute approximate surface area is 149 Å². The average molecular weight is 360 g/mol. The van der Waals surface area contributed by atoms with Crippen LogP contribution in [0.15, 0.2) is 29.6 Å². The highest BCUT2D eigenvalue weighted by atomic mass is 32.1. The minimum atomic E-state index is -0.787. The first-order chi connectivity index (χ1) is 12.0. The highest BCUT2D eigenvalue weighted by molar-refractivity contribution is 7.13. The molecule has 0 atom stereocenters. The molecule has 1 aliphatic rings. The van der Waals surface area contributed by atoms with Gasteiger partial charge in [-0.2, -0.15) is 0 Å². The zero-order valence-corrected chi connectivity index (χ0v) is 14.7. The van der Waals surface area contributed by atoms with Crippen LogP contribution < -0.4 is 10.1 Å². The number of carbonyl (C=O) groups excluding carboxylic acids is 1. The lowest BCUT2D eigenvalue weighted by Crippen LogP contribution is -2.47. The van der Waals surface area contributed by atoms with Crippen molar-refractivity contribution >= 4 is 23.2 Å². The number of aromatic nitrogens is 1. The van der Waals surface area contributed by atoms with Crippen molar-refractivity contribution in [2.45, 2.75) is 32.2 Å². The number of rotatable bonds is 7. The molecule has 1 aliphatic carbocycles. The van der Waals surface area contributed by atoms with Gasteiger partial charge in [-0.25, -0.2) is 4.98 Å². The summed E-state index contributed by atoms with van der Waals surface area (Å²) in [6.07, 6.45) is 1.23. The molecule has 0 radical (unpaired) electrons. The molecule has 1 aromatic heterocycles. The van der Waals surface area contributed by atoms with Crippen molar-refractivity contribution in [3.8, 4) is 16.3 Å². The molecule has 25 heavy (non-hydrogen) atoms. The van der Waals surface area contributed by atoms with Crippen molar-refractivity contribution in [3.63, 3.8) is 0 Å². The van der Waals surface area contributed by atoms with Crippen LogP contribution in [0.25, 0.3) is 10.6 Å². The second kappa shape index (κ2) is 7.65. The van der Waals surface area contributed by atoms with Gasteiger partial charge in [0.15, 0.2) is 0 Å². The van der Waals surface area contributed by atoms with Crippen LogP contribution >= 0.6 is 11.3 Å². The number of amides is 1. The van der Waals surface area contributed by atoms with Gasteiger partial charge in [0, 0.05) is 17.0 Å². The Hall–Kier alpha value is -2.41. The summed E-state index contributed by atoms with van der Waals surface area (Å²) in [6, 6.07) is 7.68. The maximum atomic E-state index is 12.0. The highest BCUT2D eigenvalue weighted by Gasteiger charge is 2.35. The van der Waals surface area contributed by atoms with Gasteiger partial charge in [-0.05, 0) is 44.0 Å². The van der Waals surface area contributed by atoms with Gasteiger partial charge in [0.25, 0.3) is 0 Å². The van der Waals surface area contributed by atoms with Crippen molar-refractivity contribution < 1.29 is 19.4 Å². The number of carbonyl (C=O) groups is 2. The predicted molar refractivity (Wildman–Crippen MR) is 94.7 cm³/mol. The summed E-state index contributed by atoms with van der Waals surface area (Å²) in [5.74, 6) is -0.402. The maximum Gasteiger partial charge on any atom is 0.306 e. The van der Waals surface area contributed by atoms with Crippen LogP contribution in [0.2, 0.25) is 0 Å². The number of nitrogens with zero attached hydrogens (tertiary/aromatic N) is 1. The molecule has 132 valence electrons. The van der Waals surface area contributed by atoms with Gasteiger partial charge in [0.05, 0.1) is 24.6 Å². The van der Waals surface area contributed by atoms with E-state index in [1.165, 1.54) is 11.3 Å². The molecule has 2 N–H and O–H groups in total. The lowest BCUT2D eigenvalue weighted by Gasteiger charge is -2.32. The summed E-state index contributed by atoms with van der Waals surface area (Å²) in [7, 11) is 0. The van der Waals surface area contributed by atoms with E-state index in [1.807, 2.05) is 36.6 Å². The number of nitrogens with one attached hydrogen (secondary N) is 1. The third-order valence-electron chi connectivity index (χ3n) is 4.16. The van der Waals surface area contributed by atoms with Crippen molar-refractivity contribution in [2.24, 2.45) is 5.92 Å². The predicted octanol–water partition coefficient (Wildman–Crippen LogP) is 2.73. The number of ether oxygens (including phenoxy) is 1. The van der Waals surface area contributed by atoms with Crippen LogP contribution in [0, 0.1) is 5.92 Å². The molecule has 1 amide bonds. The second-order valence-electron chi connectivity index (χ2n) is 6.05. The van der Waals surface area contributed by atoms with Crippen molar-refractivity contribution in [1.82, 2.24) is 10.3 Å². The highest BCUT2D eigenvalue weighted by Crippen LogP contribution is 2.28. The van der Waals surface area contributed by atoms with Gasteiger partial charge in [-0.1, -0.05) is 0 Å². The van der Waals surface area contributed by atoms with Gasteiger partial charge in [0.2, 0.25) is 5.91 Å². The Morgan fingerprint density at radius 3 is 2.68 bits per heavy atom. The largest absolute Gasteiger partial charge is 0.494 e. The molecular formula is C18H20N2O4S. The number of aliphatic carboxylic acids is 1. The molecule has 6 nitrogen and oxygen atoms in total. The summed E-state index contributed by atoms with van der Waals surface area (Å²) in [5.41, 5.74) is 1.71. The molecular weight excluding hydrogens is 340 g/mol. The molecule has 0 unspecified atom stereocenters. The molecule has 0 bridgehead atoms. The Morgan fingerprint density at radius 2 is 2.04 bits per heavy atom. The second-order valence-corrected chi connectivity index (χ2v) is 6.91. The van der Waals surface area contributed by atoms with E-state index in [9.17, 15) is 9.59 Å². The van der Waals surface area contributed by atoms with Crippen LogP contribution in [0.3, 0.4) is 0 Å². The first kappa shape index (κ1) is 17.4. The van der Waals surface area contributed by atoms with E-state index in [0.717, 1.165) is 22.0 Å². The molecule has 0 aliphatic heterocycles. The average Bonchev–Trinajstić information content (AvgIpc) is 2.99.